The third kappa shape index (κ3) is 4.01. The molecule has 2 aliphatic rings. The van der Waals surface area contributed by atoms with Crippen LogP contribution in [0.4, 0.5) is 19.0 Å². The van der Waals surface area contributed by atoms with Gasteiger partial charge in [-0.25, -0.2) is 18.2 Å². The van der Waals surface area contributed by atoms with Crippen molar-refractivity contribution in [2.75, 3.05) is 31.1 Å². The van der Waals surface area contributed by atoms with E-state index >= 15 is 0 Å². The first kappa shape index (κ1) is 22.0. The maximum Gasteiger partial charge on any atom is 0.254 e. The number of nitrogens with zero attached hydrogens (tertiary/aromatic N) is 4. The number of hydrogen-bond donors (Lipinski definition) is 0. The summed E-state index contributed by atoms with van der Waals surface area (Å²) in [7, 11) is 0. The lowest BCUT2D eigenvalue weighted by Crippen LogP contribution is -2.33. The highest BCUT2D eigenvalue weighted by Crippen LogP contribution is 2.34. The number of aryl methyl sites for hydroxylation is 1. The van der Waals surface area contributed by atoms with Gasteiger partial charge in [-0.15, -0.1) is 0 Å². The molecule has 5 rings (SSSR count). The van der Waals surface area contributed by atoms with Crippen LogP contribution in [0.15, 0.2) is 36.5 Å². The third-order valence-electron chi connectivity index (χ3n) is 6.09. The summed E-state index contributed by atoms with van der Waals surface area (Å²) < 4.78 is 40.2. The van der Waals surface area contributed by atoms with Gasteiger partial charge in [0.1, 0.15) is 11.6 Å². The van der Waals surface area contributed by atoms with Crippen LogP contribution in [0.25, 0.3) is 11.0 Å². The summed E-state index contributed by atoms with van der Waals surface area (Å²) in [4.78, 5) is 25.4. The predicted molar refractivity (Wildman–Crippen MR) is 117 cm³/mol. The van der Waals surface area contributed by atoms with Crippen LogP contribution in [0.3, 0.4) is 0 Å². The van der Waals surface area contributed by atoms with E-state index in [2.05, 4.69) is 14.9 Å². The van der Waals surface area contributed by atoms with Crippen LogP contribution in [-0.2, 0) is 0 Å². The molecule has 2 aromatic carbocycles. The molecule has 2 atom stereocenters. The largest absolute Gasteiger partial charge is 0.355 e. The molecule has 3 heterocycles. The highest BCUT2D eigenvalue weighted by molar-refractivity contribution is 5.95. The Morgan fingerprint density at radius 1 is 0.938 bits per heavy atom. The van der Waals surface area contributed by atoms with Gasteiger partial charge in [0.2, 0.25) is 0 Å². The van der Waals surface area contributed by atoms with Gasteiger partial charge in [-0.05, 0) is 30.7 Å². The van der Waals surface area contributed by atoms with Crippen molar-refractivity contribution < 1.29 is 18.0 Å². The second-order valence-corrected chi connectivity index (χ2v) is 8.08. The quantitative estimate of drug-likeness (QED) is 0.583. The molecular formula is C24H25F3N4O. The fourth-order valence-corrected chi connectivity index (χ4v) is 4.53. The van der Waals surface area contributed by atoms with Crippen LogP contribution in [0, 0.1) is 36.2 Å². The van der Waals surface area contributed by atoms with E-state index in [0.29, 0.717) is 54.2 Å². The molecule has 0 saturated carbocycles. The smallest absolute Gasteiger partial charge is 0.254 e. The molecule has 0 radical (unpaired) electrons. The number of hydrogen-bond acceptors (Lipinski definition) is 4. The molecule has 2 aliphatic heterocycles. The van der Waals surface area contributed by atoms with Gasteiger partial charge in [-0.3, -0.25) is 9.78 Å². The maximum atomic E-state index is 13.5. The molecule has 1 amide bonds. The van der Waals surface area contributed by atoms with E-state index in [4.69, 9.17) is 0 Å². The molecule has 1 aromatic heterocycles. The Morgan fingerprint density at radius 2 is 1.56 bits per heavy atom. The minimum atomic E-state index is -0.947. The molecule has 3 aromatic rings. The molecule has 168 valence electrons. The van der Waals surface area contributed by atoms with Gasteiger partial charge < -0.3 is 9.80 Å². The summed E-state index contributed by atoms with van der Waals surface area (Å²) in [6, 6.07) is 6.33. The Kier molecular flexibility index (Phi) is 6.04. The van der Waals surface area contributed by atoms with Gasteiger partial charge in [0, 0.05) is 55.7 Å². The summed E-state index contributed by atoms with van der Waals surface area (Å²) in [6.07, 6.45) is 1.57. The molecule has 2 fully saturated rings. The van der Waals surface area contributed by atoms with Crippen LogP contribution in [0.5, 0.6) is 0 Å². The zero-order chi connectivity index (χ0) is 23.0. The van der Waals surface area contributed by atoms with Gasteiger partial charge in [-0.1, -0.05) is 13.8 Å². The Morgan fingerprint density at radius 3 is 2.19 bits per heavy atom. The summed E-state index contributed by atoms with van der Waals surface area (Å²) in [5.74, 6) is -1.11. The molecular weight excluding hydrogens is 417 g/mol. The molecule has 5 nitrogen and oxygen atoms in total. The SMILES string of the molecule is CC.Cc1cc(F)ccc1C(=O)N1CC2CN(c3cnc4cc(F)c(F)cc4n3)CC2C1. The first-order valence-corrected chi connectivity index (χ1v) is 10.8. The molecule has 0 N–H and O–H groups in total. The zero-order valence-corrected chi connectivity index (χ0v) is 18.3. The summed E-state index contributed by atoms with van der Waals surface area (Å²) >= 11 is 0. The minimum Gasteiger partial charge on any atom is -0.355 e. The number of carbonyl (C=O) groups excluding carboxylic acids is 1. The van der Waals surface area contributed by atoms with E-state index in [0.717, 1.165) is 12.1 Å². The zero-order valence-electron chi connectivity index (χ0n) is 18.3. The topological polar surface area (TPSA) is 49.3 Å². The van der Waals surface area contributed by atoms with Crippen LogP contribution in [0.1, 0.15) is 29.8 Å². The molecule has 0 spiro atoms. The van der Waals surface area contributed by atoms with Crippen molar-refractivity contribution in [3.05, 3.63) is 65.1 Å². The number of aromatic nitrogens is 2. The standard InChI is InChI=1S/C22H19F3N4O.C2H6/c1-12-4-15(23)2-3-16(12)22(30)29-10-13-8-28(9-14(13)11-29)21-7-26-19-5-17(24)18(25)6-20(19)27-21;1-2/h2-7,13-14H,8-11H2,1H3;1-2H3. The average molecular weight is 442 g/mol. The molecule has 0 bridgehead atoms. The highest BCUT2D eigenvalue weighted by Gasteiger charge is 2.42. The van der Waals surface area contributed by atoms with Crippen molar-refractivity contribution in [1.82, 2.24) is 14.9 Å². The second kappa shape index (κ2) is 8.76. The summed E-state index contributed by atoms with van der Waals surface area (Å²) in [5.41, 5.74) is 1.78. The number of carbonyl (C=O) groups is 1. The van der Waals surface area contributed by atoms with Gasteiger partial charge in [0.25, 0.3) is 5.91 Å². The number of rotatable bonds is 2. The van der Waals surface area contributed by atoms with Crippen molar-refractivity contribution in [1.29, 1.82) is 0 Å². The monoisotopic (exact) mass is 442 g/mol. The fraction of sp³-hybridized carbons (Fsp3) is 0.375. The van der Waals surface area contributed by atoms with E-state index in [9.17, 15) is 18.0 Å². The maximum absolute atomic E-state index is 13.5. The molecule has 2 unspecified atom stereocenters. The van der Waals surface area contributed by atoms with Crippen molar-refractivity contribution in [2.45, 2.75) is 20.8 Å². The van der Waals surface area contributed by atoms with Crippen LogP contribution in [-0.4, -0.2) is 47.0 Å². The van der Waals surface area contributed by atoms with E-state index in [-0.39, 0.29) is 23.6 Å². The highest BCUT2D eigenvalue weighted by atomic mass is 19.2. The number of anilines is 1. The second-order valence-electron chi connectivity index (χ2n) is 8.08. The first-order chi connectivity index (χ1) is 15.4. The lowest BCUT2D eigenvalue weighted by Gasteiger charge is -2.23. The van der Waals surface area contributed by atoms with Crippen molar-refractivity contribution >= 4 is 22.8 Å². The Labute approximate surface area is 184 Å². The number of amides is 1. The summed E-state index contributed by atoms with van der Waals surface area (Å²) in [5, 5.41) is 0. The van der Waals surface area contributed by atoms with E-state index < -0.39 is 11.6 Å². The Balaban J connectivity index is 0.00000119. The average Bonchev–Trinajstić information content (AvgIpc) is 3.35. The minimum absolute atomic E-state index is 0.0727. The third-order valence-corrected chi connectivity index (χ3v) is 6.09. The Hall–Kier alpha value is -3.16. The lowest BCUT2D eigenvalue weighted by atomic mass is 10.0. The first-order valence-electron chi connectivity index (χ1n) is 10.8. The van der Waals surface area contributed by atoms with E-state index in [1.165, 1.54) is 12.1 Å². The normalized spacial score (nSPS) is 19.7. The predicted octanol–water partition coefficient (Wildman–Crippen LogP) is 4.59. The number of fused-ring (bicyclic) bond motifs is 2. The lowest BCUT2D eigenvalue weighted by molar-refractivity contribution is 0.0782. The van der Waals surface area contributed by atoms with Gasteiger partial charge in [0.15, 0.2) is 11.6 Å². The van der Waals surface area contributed by atoms with Crippen molar-refractivity contribution in [3.63, 3.8) is 0 Å². The van der Waals surface area contributed by atoms with Gasteiger partial charge in [-0.2, -0.15) is 0 Å². The summed E-state index contributed by atoms with van der Waals surface area (Å²) in [6.45, 7) is 8.40. The molecule has 32 heavy (non-hydrogen) atoms. The van der Waals surface area contributed by atoms with E-state index in [1.807, 2.05) is 18.7 Å². The van der Waals surface area contributed by atoms with Crippen molar-refractivity contribution in [2.24, 2.45) is 11.8 Å². The number of likely N-dealkylation sites (tertiary alicyclic amines) is 1. The van der Waals surface area contributed by atoms with Crippen LogP contribution < -0.4 is 4.90 Å². The molecule has 8 heteroatoms. The molecule has 2 saturated heterocycles. The Bertz CT molecular complexity index is 1160. The fourth-order valence-electron chi connectivity index (χ4n) is 4.53. The van der Waals surface area contributed by atoms with Gasteiger partial charge >= 0.3 is 0 Å². The molecule has 0 aliphatic carbocycles. The van der Waals surface area contributed by atoms with Crippen molar-refractivity contribution in [3.8, 4) is 0 Å². The van der Waals surface area contributed by atoms with Crippen LogP contribution >= 0.6 is 0 Å². The van der Waals surface area contributed by atoms with Crippen LogP contribution in [0.2, 0.25) is 0 Å². The number of benzene rings is 2. The number of halogens is 3. The van der Waals surface area contributed by atoms with Gasteiger partial charge in [0.05, 0.1) is 17.2 Å². The van der Waals surface area contributed by atoms with E-state index in [1.54, 1.807) is 19.2 Å².